The Labute approximate surface area is 119 Å². The SMILES string of the molecule is Cl.N[C@@H]1CCCN(C(=O)CSc2ccccc2)C1. The Morgan fingerprint density at radius 1 is 1.39 bits per heavy atom. The van der Waals surface area contributed by atoms with Crippen LogP contribution in [0.25, 0.3) is 0 Å². The molecule has 0 unspecified atom stereocenters. The van der Waals surface area contributed by atoms with Gasteiger partial charge >= 0.3 is 0 Å². The Balaban J connectivity index is 0.00000162. The molecule has 18 heavy (non-hydrogen) atoms. The number of carbonyl (C=O) groups is 1. The lowest BCUT2D eigenvalue weighted by Gasteiger charge is -2.30. The van der Waals surface area contributed by atoms with E-state index in [0.29, 0.717) is 12.3 Å². The number of hydrogen-bond acceptors (Lipinski definition) is 3. The fourth-order valence-corrected chi connectivity index (χ4v) is 2.81. The molecule has 1 saturated heterocycles. The van der Waals surface area contributed by atoms with E-state index in [0.717, 1.165) is 24.3 Å². The second kappa shape index (κ2) is 7.67. The average molecular weight is 287 g/mol. The minimum atomic E-state index is 0. The number of hydrogen-bond donors (Lipinski definition) is 1. The fourth-order valence-electron chi connectivity index (χ4n) is 1.99. The van der Waals surface area contributed by atoms with E-state index in [1.165, 1.54) is 0 Å². The highest BCUT2D eigenvalue weighted by molar-refractivity contribution is 8.00. The van der Waals surface area contributed by atoms with Gasteiger partial charge in [0, 0.05) is 24.0 Å². The lowest BCUT2D eigenvalue weighted by atomic mass is 10.1. The molecular weight excluding hydrogens is 268 g/mol. The Kier molecular flexibility index (Phi) is 6.54. The summed E-state index contributed by atoms with van der Waals surface area (Å²) < 4.78 is 0. The van der Waals surface area contributed by atoms with Gasteiger partial charge in [-0.2, -0.15) is 0 Å². The van der Waals surface area contributed by atoms with Crippen molar-refractivity contribution >= 4 is 30.1 Å². The molecule has 3 nitrogen and oxygen atoms in total. The van der Waals surface area contributed by atoms with Crippen molar-refractivity contribution in [2.45, 2.75) is 23.8 Å². The molecule has 0 spiro atoms. The molecule has 0 aliphatic carbocycles. The summed E-state index contributed by atoms with van der Waals surface area (Å²) in [5.74, 6) is 0.713. The third-order valence-electron chi connectivity index (χ3n) is 2.92. The topological polar surface area (TPSA) is 46.3 Å². The number of nitrogens with zero attached hydrogens (tertiary/aromatic N) is 1. The number of likely N-dealkylation sites (tertiary alicyclic amines) is 1. The largest absolute Gasteiger partial charge is 0.340 e. The molecule has 1 amide bonds. The van der Waals surface area contributed by atoms with Crippen molar-refractivity contribution in [1.29, 1.82) is 0 Å². The Bertz CT molecular complexity index is 375. The lowest BCUT2D eigenvalue weighted by Crippen LogP contribution is -2.46. The monoisotopic (exact) mass is 286 g/mol. The number of thioether (sulfide) groups is 1. The second-order valence-electron chi connectivity index (χ2n) is 4.34. The number of benzene rings is 1. The summed E-state index contributed by atoms with van der Waals surface area (Å²) in [7, 11) is 0. The van der Waals surface area contributed by atoms with Gasteiger partial charge in [0.1, 0.15) is 0 Å². The van der Waals surface area contributed by atoms with Crippen LogP contribution >= 0.6 is 24.2 Å². The molecule has 0 radical (unpaired) electrons. The van der Waals surface area contributed by atoms with E-state index < -0.39 is 0 Å². The number of rotatable bonds is 3. The normalized spacial score (nSPS) is 19.2. The first-order chi connectivity index (χ1) is 8.25. The Hall–Kier alpha value is -0.710. The quantitative estimate of drug-likeness (QED) is 0.866. The van der Waals surface area contributed by atoms with Gasteiger partial charge in [-0.05, 0) is 25.0 Å². The smallest absolute Gasteiger partial charge is 0.232 e. The molecule has 1 aromatic carbocycles. The first kappa shape index (κ1) is 15.3. The maximum atomic E-state index is 12.0. The summed E-state index contributed by atoms with van der Waals surface area (Å²) in [4.78, 5) is 15.0. The van der Waals surface area contributed by atoms with Crippen molar-refractivity contribution in [2.24, 2.45) is 5.73 Å². The molecule has 5 heteroatoms. The van der Waals surface area contributed by atoms with Crippen LogP contribution in [0, 0.1) is 0 Å². The van der Waals surface area contributed by atoms with Crippen LogP contribution in [-0.2, 0) is 4.79 Å². The molecule has 1 aliphatic rings. The maximum absolute atomic E-state index is 12.0. The van der Waals surface area contributed by atoms with E-state index in [4.69, 9.17) is 5.73 Å². The van der Waals surface area contributed by atoms with Crippen molar-refractivity contribution < 1.29 is 4.79 Å². The Morgan fingerprint density at radius 3 is 2.78 bits per heavy atom. The average Bonchev–Trinajstić information content (AvgIpc) is 2.37. The summed E-state index contributed by atoms with van der Waals surface area (Å²) in [6.45, 7) is 1.58. The summed E-state index contributed by atoms with van der Waals surface area (Å²) in [5.41, 5.74) is 5.87. The van der Waals surface area contributed by atoms with Gasteiger partial charge in [0.25, 0.3) is 0 Å². The zero-order valence-electron chi connectivity index (χ0n) is 10.2. The van der Waals surface area contributed by atoms with Gasteiger partial charge in [0.05, 0.1) is 5.75 Å². The van der Waals surface area contributed by atoms with Gasteiger partial charge in [0.2, 0.25) is 5.91 Å². The van der Waals surface area contributed by atoms with Crippen LogP contribution in [-0.4, -0.2) is 35.7 Å². The molecule has 0 saturated carbocycles. The summed E-state index contributed by atoms with van der Waals surface area (Å²) in [5, 5.41) is 0. The predicted octanol–water partition coefficient (Wildman–Crippen LogP) is 2.15. The number of amides is 1. The van der Waals surface area contributed by atoms with Gasteiger partial charge < -0.3 is 10.6 Å². The molecule has 100 valence electrons. The van der Waals surface area contributed by atoms with Crippen LogP contribution in [0.15, 0.2) is 35.2 Å². The van der Waals surface area contributed by atoms with Crippen molar-refractivity contribution in [3.05, 3.63) is 30.3 Å². The highest BCUT2D eigenvalue weighted by Crippen LogP contribution is 2.18. The second-order valence-corrected chi connectivity index (χ2v) is 5.39. The predicted molar refractivity (Wildman–Crippen MR) is 78.2 cm³/mol. The summed E-state index contributed by atoms with van der Waals surface area (Å²) >= 11 is 1.59. The van der Waals surface area contributed by atoms with Crippen LogP contribution in [0.4, 0.5) is 0 Å². The van der Waals surface area contributed by atoms with Gasteiger partial charge in [-0.25, -0.2) is 0 Å². The van der Waals surface area contributed by atoms with E-state index in [2.05, 4.69) is 0 Å². The molecule has 1 aliphatic heterocycles. The first-order valence-corrected chi connectivity index (χ1v) is 6.95. The van der Waals surface area contributed by atoms with Crippen molar-refractivity contribution in [1.82, 2.24) is 4.90 Å². The molecule has 0 aromatic heterocycles. The minimum absolute atomic E-state index is 0. The number of carbonyl (C=O) groups excluding carboxylic acids is 1. The summed E-state index contributed by atoms with van der Waals surface area (Å²) in [6.07, 6.45) is 2.07. The third kappa shape index (κ3) is 4.52. The molecule has 1 aromatic rings. The number of piperidine rings is 1. The molecule has 2 N–H and O–H groups in total. The van der Waals surface area contributed by atoms with Crippen molar-refractivity contribution in [3.63, 3.8) is 0 Å². The van der Waals surface area contributed by atoms with E-state index in [1.807, 2.05) is 35.2 Å². The standard InChI is InChI=1S/C13H18N2OS.ClH/c14-11-5-4-8-15(9-11)13(16)10-17-12-6-2-1-3-7-12;/h1-3,6-7,11H,4-5,8-10,14H2;1H/t11-;/m1./s1. The number of nitrogens with two attached hydrogens (primary N) is 1. The fraction of sp³-hybridized carbons (Fsp3) is 0.462. The van der Waals surface area contributed by atoms with Gasteiger partial charge in [0.15, 0.2) is 0 Å². The zero-order chi connectivity index (χ0) is 12.1. The molecular formula is C13H19ClN2OS. The van der Waals surface area contributed by atoms with Crippen LogP contribution in [0.3, 0.4) is 0 Å². The van der Waals surface area contributed by atoms with Gasteiger partial charge in [-0.15, -0.1) is 24.2 Å². The van der Waals surface area contributed by atoms with Crippen molar-refractivity contribution in [2.75, 3.05) is 18.8 Å². The van der Waals surface area contributed by atoms with Gasteiger partial charge in [-0.3, -0.25) is 4.79 Å². The highest BCUT2D eigenvalue weighted by atomic mass is 35.5. The highest BCUT2D eigenvalue weighted by Gasteiger charge is 2.20. The molecule has 1 fully saturated rings. The Morgan fingerprint density at radius 2 is 2.11 bits per heavy atom. The molecule has 1 atom stereocenters. The molecule has 2 rings (SSSR count). The lowest BCUT2D eigenvalue weighted by molar-refractivity contribution is -0.129. The van der Waals surface area contributed by atoms with E-state index >= 15 is 0 Å². The van der Waals surface area contributed by atoms with Crippen molar-refractivity contribution in [3.8, 4) is 0 Å². The van der Waals surface area contributed by atoms with Crippen LogP contribution in [0.5, 0.6) is 0 Å². The van der Waals surface area contributed by atoms with E-state index in [1.54, 1.807) is 11.8 Å². The van der Waals surface area contributed by atoms with E-state index in [-0.39, 0.29) is 24.4 Å². The summed E-state index contributed by atoms with van der Waals surface area (Å²) in [6, 6.07) is 10.2. The maximum Gasteiger partial charge on any atom is 0.232 e. The number of halogens is 1. The third-order valence-corrected chi connectivity index (χ3v) is 3.91. The molecule has 1 heterocycles. The van der Waals surface area contributed by atoms with Crippen LogP contribution in [0.1, 0.15) is 12.8 Å². The van der Waals surface area contributed by atoms with Crippen LogP contribution in [0.2, 0.25) is 0 Å². The van der Waals surface area contributed by atoms with E-state index in [9.17, 15) is 4.79 Å². The van der Waals surface area contributed by atoms with Gasteiger partial charge in [-0.1, -0.05) is 18.2 Å². The first-order valence-electron chi connectivity index (χ1n) is 5.97. The molecule has 0 bridgehead atoms. The minimum Gasteiger partial charge on any atom is -0.340 e. The zero-order valence-corrected chi connectivity index (χ0v) is 11.9. The van der Waals surface area contributed by atoms with Crippen LogP contribution < -0.4 is 5.73 Å².